The van der Waals surface area contributed by atoms with E-state index in [0.717, 1.165) is 0 Å². The Kier molecular flexibility index (Phi) is 4.95. The van der Waals surface area contributed by atoms with Crippen LogP contribution in [0.5, 0.6) is 23.0 Å². The van der Waals surface area contributed by atoms with Crippen molar-refractivity contribution in [1.29, 1.82) is 0 Å². The van der Waals surface area contributed by atoms with E-state index in [-0.39, 0.29) is 23.0 Å². The first kappa shape index (κ1) is 16.2. The maximum absolute atomic E-state index is 11.1. The molecule has 8 heteroatoms. The van der Waals surface area contributed by atoms with Crippen LogP contribution < -0.4 is 18.9 Å². The van der Waals surface area contributed by atoms with E-state index in [4.69, 9.17) is 42.1 Å². The number of hydrogen-bond acceptors (Lipinski definition) is 6. The fourth-order valence-corrected chi connectivity index (χ4v) is 2.22. The second-order valence-electron chi connectivity index (χ2n) is 3.95. The molecule has 2 rings (SSSR count). The Morgan fingerprint density at radius 2 is 1.14 bits per heavy atom. The zero-order valence-corrected chi connectivity index (χ0v) is 13.0. The number of carbonyl (C=O) groups excluding carboxylic acids is 2. The molecule has 0 aliphatic rings. The highest BCUT2D eigenvalue weighted by atomic mass is 35.5. The third kappa shape index (κ3) is 3.03. The van der Waals surface area contributed by atoms with E-state index >= 15 is 0 Å². The molecule has 0 aliphatic carbocycles. The quantitative estimate of drug-likeness (QED) is 0.768. The van der Waals surface area contributed by atoms with Gasteiger partial charge in [-0.2, -0.15) is 0 Å². The molecule has 0 atom stereocenters. The second-order valence-corrected chi connectivity index (χ2v) is 4.57. The smallest absolute Gasteiger partial charge is 0.409 e. The average Bonchev–Trinajstić information content (AvgIpc) is 2.48. The van der Waals surface area contributed by atoms with Crippen molar-refractivity contribution in [2.75, 3.05) is 14.2 Å². The van der Waals surface area contributed by atoms with Gasteiger partial charge < -0.3 is 18.9 Å². The summed E-state index contributed by atoms with van der Waals surface area (Å²) in [6.07, 6.45) is 0. The van der Waals surface area contributed by atoms with Crippen LogP contribution >= 0.6 is 23.2 Å². The van der Waals surface area contributed by atoms with Gasteiger partial charge in [0.05, 0.1) is 14.2 Å². The molecule has 0 aromatic heterocycles. The number of halogens is 2. The molecular weight excluding hydrogens is 335 g/mol. The predicted octanol–water partition coefficient (Wildman–Crippen LogP) is 4.33. The summed E-state index contributed by atoms with van der Waals surface area (Å²) in [5, 5.41) is 0.865. The van der Waals surface area contributed by atoms with Gasteiger partial charge in [-0.25, -0.2) is 9.59 Å². The summed E-state index contributed by atoms with van der Waals surface area (Å²) in [4.78, 5) is 22.3. The maximum atomic E-state index is 11.1. The zero-order valence-electron chi connectivity index (χ0n) is 11.5. The van der Waals surface area contributed by atoms with Crippen LogP contribution in [-0.4, -0.2) is 25.1 Å². The van der Waals surface area contributed by atoms with Crippen LogP contribution in [0.4, 0.5) is 9.59 Å². The van der Waals surface area contributed by atoms with Crippen LogP contribution in [-0.2, 0) is 0 Å². The van der Waals surface area contributed by atoms with Crippen molar-refractivity contribution >= 4 is 44.8 Å². The van der Waals surface area contributed by atoms with Gasteiger partial charge in [-0.1, -0.05) is 24.3 Å². The first-order chi connectivity index (χ1) is 10.5. The van der Waals surface area contributed by atoms with Gasteiger partial charge in [-0.3, -0.25) is 0 Å². The number of ether oxygens (including phenoxy) is 4. The molecule has 0 amide bonds. The Morgan fingerprint density at radius 3 is 1.41 bits per heavy atom. The summed E-state index contributed by atoms with van der Waals surface area (Å²) in [5.41, 5.74) is -2.10. The summed E-state index contributed by atoms with van der Waals surface area (Å²) in [6.45, 7) is 0. The lowest BCUT2D eigenvalue weighted by atomic mass is 10.1. The number of methoxy groups -OCH3 is 2. The van der Waals surface area contributed by atoms with Gasteiger partial charge in [-0.05, 0) is 0 Å². The summed E-state index contributed by atoms with van der Waals surface area (Å²) >= 11 is 10.6. The van der Waals surface area contributed by atoms with Crippen molar-refractivity contribution in [1.82, 2.24) is 0 Å². The lowest BCUT2D eigenvalue weighted by Crippen LogP contribution is -2.05. The third-order valence-electron chi connectivity index (χ3n) is 2.81. The minimum atomic E-state index is -1.05. The fraction of sp³-hybridized carbons (Fsp3) is 0.143. The lowest BCUT2D eigenvalue weighted by Gasteiger charge is -2.18. The Labute approximate surface area is 135 Å². The number of rotatable bonds is 4. The first-order valence-electron chi connectivity index (χ1n) is 5.90. The summed E-state index contributed by atoms with van der Waals surface area (Å²) < 4.78 is 20.4. The van der Waals surface area contributed by atoms with Crippen LogP contribution in [0.15, 0.2) is 24.3 Å². The molecular formula is C14H10Cl2O6. The van der Waals surface area contributed by atoms with E-state index in [0.29, 0.717) is 10.8 Å². The summed E-state index contributed by atoms with van der Waals surface area (Å²) in [7, 11) is 2.68. The predicted molar refractivity (Wildman–Crippen MR) is 80.8 cm³/mol. The molecule has 2 aromatic rings. The molecule has 0 fully saturated rings. The van der Waals surface area contributed by atoms with Crippen molar-refractivity contribution in [3.8, 4) is 23.0 Å². The van der Waals surface area contributed by atoms with Crippen LogP contribution in [0, 0.1) is 0 Å². The highest BCUT2D eigenvalue weighted by Gasteiger charge is 2.25. The maximum Gasteiger partial charge on any atom is 0.409 e. The number of carbonyl (C=O) groups is 2. The largest absolute Gasteiger partial charge is 0.490 e. The van der Waals surface area contributed by atoms with Crippen LogP contribution in [0.25, 0.3) is 10.8 Å². The van der Waals surface area contributed by atoms with E-state index in [1.807, 2.05) is 0 Å². The third-order valence-corrected chi connectivity index (χ3v) is 2.96. The fourth-order valence-electron chi connectivity index (χ4n) is 2.06. The minimum absolute atomic E-state index is 0.0446. The van der Waals surface area contributed by atoms with Crippen molar-refractivity contribution in [2.45, 2.75) is 0 Å². The highest BCUT2D eigenvalue weighted by molar-refractivity contribution is 6.62. The molecule has 116 valence electrons. The number of hydrogen-bond donors (Lipinski definition) is 0. The van der Waals surface area contributed by atoms with E-state index in [1.54, 1.807) is 24.3 Å². The van der Waals surface area contributed by atoms with E-state index in [1.165, 1.54) is 14.2 Å². The molecule has 0 bridgehead atoms. The normalized spacial score (nSPS) is 10.2. The van der Waals surface area contributed by atoms with Crippen LogP contribution in [0.1, 0.15) is 0 Å². The van der Waals surface area contributed by atoms with Crippen molar-refractivity contribution in [3.05, 3.63) is 24.3 Å². The Bertz CT molecular complexity index is 681. The van der Waals surface area contributed by atoms with E-state index in [9.17, 15) is 9.59 Å². The zero-order chi connectivity index (χ0) is 16.3. The molecule has 2 aromatic carbocycles. The van der Waals surface area contributed by atoms with Gasteiger partial charge in [0.25, 0.3) is 0 Å². The van der Waals surface area contributed by atoms with Crippen LogP contribution in [0.3, 0.4) is 0 Å². The van der Waals surface area contributed by atoms with E-state index in [2.05, 4.69) is 0 Å². The van der Waals surface area contributed by atoms with Crippen molar-refractivity contribution < 1.29 is 28.5 Å². The minimum Gasteiger partial charge on any atom is -0.490 e. The monoisotopic (exact) mass is 344 g/mol. The Balaban J connectivity index is 2.89. The molecule has 0 radical (unpaired) electrons. The summed E-state index contributed by atoms with van der Waals surface area (Å²) in [5.74, 6) is 0.180. The van der Waals surface area contributed by atoms with Gasteiger partial charge in [0.1, 0.15) is 0 Å². The molecule has 0 spiro atoms. The highest BCUT2D eigenvalue weighted by Crippen LogP contribution is 2.51. The second kappa shape index (κ2) is 6.72. The van der Waals surface area contributed by atoms with Gasteiger partial charge in [0.2, 0.25) is 11.5 Å². The van der Waals surface area contributed by atoms with Gasteiger partial charge >= 0.3 is 10.9 Å². The number of fused-ring (bicyclic) bond motifs is 1. The Hall–Kier alpha value is -2.18. The molecule has 0 aliphatic heterocycles. The van der Waals surface area contributed by atoms with Crippen LogP contribution in [0.2, 0.25) is 0 Å². The van der Waals surface area contributed by atoms with Gasteiger partial charge in [-0.15, -0.1) is 0 Å². The molecule has 0 saturated heterocycles. The molecule has 0 unspecified atom stereocenters. The lowest BCUT2D eigenvalue weighted by molar-refractivity contribution is 0.219. The molecule has 0 heterocycles. The van der Waals surface area contributed by atoms with Crippen molar-refractivity contribution in [3.63, 3.8) is 0 Å². The molecule has 6 nitrogen and oxygen atoms in total. The Morgan fingerprint density at radius 1 is 0.773 bits per heavy atom. The average molecular weight is 345 g/mol. The summed E-state index contributed by atoms with van der Waals surface area (Å²) in [6, 6.07) is 6.67. The van der Waals surface area contributed by atoms with Gasteiger partial charge in [0, 0.05) is 34.0 Å². The molecule has 0 saturated carbocycles. The van der Waals surface area contributed by atoms with Gasteiger partial charge in [0.15, 0.2) is 11.5 Å². The molecule has 0 N–H and O–H groups in total. The SMILES string of the molecule is COc1c(OC)c(OC(=O)Cl)c2ccccc2c1OC(=O)Cl. The number of benzene rings is 2. The topological polar surface area (TPSA) is 71.1 Å². The first-order valence-corrected chi connectivity index (χ1v) is 6.66. The van der Waals surface area contributed by atoms with E-state index < -0.39 is 10.9 Å². The standard InChI is InChI=1S/C14H10Cl2O6/c1-19-11-9(21-13(15)17)7-5-3-4-6-8(7)10(12(11)20-2)22-14(16)18/h3-6H,1-2H3. The molecule has 22 heavy (non-hydrogen) atoms. The van der Waals surface area contributed by atoms with Crippen molar-refractivity contribution in [2.24, 2.45) is 0 Å².